The van der Waals surface area contributed by atoms with Crippen LogP contribution in [0.2, 0.25) is 0 Å². The minimum absolute atomic E-state index is 0.678. The molecule has 0 N–H and O–H groups in total. The minimum Gasteiger partial charge on any atom is -0.500 e. The number of benzene rings is 2. The second-order valence-electron chi connectivity index (χ2n) is 4.96. The van der Waals surface area contributed by atoms with E-state index in [1.54, 1.807) is 6.26 Å². The van der Waals surface area contributed by atoms with Gasteiger partial charge in [0.2, 0.25) is 0 Å². The third-order valence-corrected chi connectivity index (χ3v) is 3.56. The second-order valence-corrected chi connectivity index (χ2v) is 4.96. The summed E-state index contributed by atoms with van der Waals surface area (Å²) in [6, 6.07) is 19.0. The molecule has 0 aliphatic carbocycles. The summed E-state index contributed by atoms with van der Waals surface area (Å²) in [4.78, 5) is 0. The zero-order chi connectivity index (χ0) is 14.5. The Morgan fingerprint density at radius 2 is 1.76 bits per heavy atom. The van der Waals surface area contributed by atoms with Crippen molar-refractivity contribution in [1.29, 1.82) is 0 Å². The lowest BCUT2D eigenvalue weighted by Gasteiger charge is -2.04. The summed E-state index contributed by atoms with van der Waals surface area (Å²) in [5, 5.41) is 1.29. The quantitative estimate of drug-likeness (QED) is 0.480. The van der Waals surface area contributed by atoms with Crippen molar-refractivity contribution in [1.82, 2.24) is 4.57 Å². The van der Waals surface area contributed by atoms with E-state index in [1.165, 1.54) is 22.0 Å². The first-order valence-electron chi connectivity index (χ1n) is 7.26. The maximum atomic E-state index is 5.45. The highest BCUT2D eigenvalue weighted by Gasteiger charge is 2.09. The van der Waals surface area contributed by atoms with Gasteiger partial charge in [0.05, 0.1) is 12.8 Å². The highest BCUT2D eigenvalue weighted by Crippen LogP contribution is 2.30. The Morgan fingerprint density at radius 1 is 1.00 bits per heavy atom. The predicted molar refractivity (Wildman–Crippen MR) is 88.1 cm³/mol. The van der Waals surface area contributed by atoms with Crippen LogP contribution in [0.15, 0.2) is 73.1 Å². The molecule has 3 rings (SSSR count). The summed E-state index contributed by atoms with van der Waals surface area (Å²) in [5.41, 5.74) is 3.78. The number of para-hydroxylation sites is 1. The summed E-state index contributed by atoms with van der Waals surface area (Å²) in [5.74, 6) is 0. The fraction of sp³-hybridized carbons (Fsp3) is 0.158. The summed E-state index contributed by atoms with van der Waals surface area (Å²) in [6.45, 7) is 3.48. The molecule has 0 spiro atoms. The lowest BCUT2D eigenvalue weighted by atomic mass is 10.1. The number of hydrogen-bond donors (Lipinski definition) is 0. The Morgan fingerprint density at radius 3 is 2.57 bits per heavy atom. The van der Waals surface area contributed by atoms with Gasteiger partial charge in [0.25, 0.3) is 0 Å². The van der Waals surface area contributed by atoms with E-state index >= 15 is 0 Å². The molecule has 0 radical (unpaired) electrons. The van der Waals surface area contributed by atoms with E-state index in [9.17, 15) is 0 Å². The Kier molecular flexibility index (Phi) is 4.06. The molecular formula is C19H19NO. The number of fused-ring (bicyclic) bond motifs is 1. The first-order chi connectivity index (χ1) is 10.4. The molecule has 0 unspecified atom stereocenters. The Bertz CT molecular complexity index is 741. The van der Waals surface area contributed by atoms with Gasteiger partial charge in [-0.25, -0.2) is 0 Å². The van der Waals surface area contributed by atoms with E-state index < -0.39 is 0 Å². The Balaban J connectivity index is 1.98. The van der Waals surface area contributed by atoms with E-state index in [1.807, 2.05) is 19.1 Å². The molecule has 0 fully saturated rings. The van der Waals surface area contributed by atoms with Gasteiger partial charge in [0, 0.05) is 22.7 Å². The van der Waals surface area contributed by atoms with Crippen molar-refractivity contribution >= 4 is 10.9 Å². The van der Waals surface area contributed by atoms with E-state index in [-0.39, 0.29) is 0 Å². The number of hydrogen-bond acceptors (Lipinski definition) is 1. The fourth-order valence-electron chi connectivity index (χ4n) is 2.59. The van der Waals surface area contributed by atoms with Gasteiger partial charge in [-0.15, -0.1) is 0 Å². The molecule has 0 aliphatic rings. The van der Waals surface area contributed by atoms with Crippen molar-refractivity contribution in [3.05, 3.63) is 73.1 Å². The van der Waals surface area contributed by atoms with Crippen LogP contribution in [-0.2, 0) is 11.3 Å². The SMILES string of the molecule is C/C=C/OCCn1cc(-c2ccccc2)c2ccccc21. The molecule has 106 valence electrons. The molecule has 2 nitrogen and oxygen atoms in total. The smallest absolute Gasteiger partial charge is 0.105 e. The summed E-state index contributed by atoms with van der Waals surface area (Å²) < 4.78 is 7.71. The van der Waals surface area contributed by atoms with Crippen molar-refractivity contribution < 1.29 is 4.74 Å². The van der Waals surface area contributed by atoms with Crippen LogP contribution in [0.25, 0.3) is 22.0 Å². The molecule has 0 bridgehead atoms. The number of nitrogens with zero attached hydrogens (tertiary/aromatic N) is 1. The molecule has 0 saturated carbocycles. The zero-order valence-corrected chi connectivity index (χ0v) is 12.2. The van der Waals surface area contributed by atoms with Crippen molar-refractivity contribution in [2.24, 2.45) is 0 Å². The molecule has 1 heterocycles. The first kappa shape index (κ1) is 13.5. The molecule has 21 heavy (non-hydrogen) atoms. The third kappa shape index (κ3) is 2.84. The molecule has 3 aromatic rings. The maximum Gasteiger partial charge on any atom is 0.105 e. The van der Waals surface area contributed by atoms with Crippen LogP contribution >= 0.6 is 0 Å². The molecule has 2 aromatic carbocycles. The molecule has 0 atom stereocenters. The van der Waals surface area contributed by atoms with Gasteiger partial charge < -0.3 is 9.30 Å². The fourth-order valence-corrected chi connectivity index (χ4v) is 2.59. The normalized spacial score (nSPS) is 11.3. The highest BCUT2D eigenvalue weighted by atomic mass is 16.5. The van der Waals surface area contributed by atoms with Crippen LogP contribution in [-0.4, -0.2) is 11.2 Å². The second kappa shape index (κ2) is 6.31. The minimum atomic E-state index is 0.678. The number of aromatic nitrogens is 1. The van der Waals surface area contributed by atoms with Crippen LogP contribution in [0.1, 0.15) is 6.92 Å². The Labute approximate surface area is 125 Å². The number of allylic oxidation sites excluding steroid dienone is 1. The van der Waals surface area contributed by atoms with Crippen LogP contribution in [0, 0.1) is 0 Å². The van der Waals surface area contributed by atoms with Gasteiger partial charge in [0.15, 0.2) is 0 Å². The lowest BCUT2D eigenvalue weighted by Crippen LogP contribution is -2.01. The zero-order valence-electron chi connectivity index (χ0n) is 12.2. The molecule has 0 amide bonds. The van der Waals surface area contributed by atoms with E-state index in [0.29, 0.717) is 6.61 Å². The largest absolute Gasteiger partial charge is 0.500 e. The topological polar surface area (TPSA) is 14.2 Å². The average molecular weight is 277 g/mol. The molecule has 1 aromatic heterocycles. The number of rotatable bonds is 5. The van der Waals surface area contributed by atoms with Crippen LogP contribution in [0.4, 0.5) is 0 Å². The maximum absolute atomic E-state index is 5.45. The van der Waals surface area contributed by atoms with Gasteiger partial charge in [-0.05, 0) is 18.6 Å². The summed E-state index contributed by atoms with van der Waals surface area (Å²) >= 11 is 0. The van der Waals surface area contributed by atoms with Crippen molar-refractivity contribution in [2.45, 2.75) is 13.5 Å². The monoisotopic (exact) mass is 277 g/mol. The average Bonchev–Trinajstić information content (AvgIpc) is 2.92. The Hall–Kier alpha value is -2.48. The third-order valence-electron chi connectivity index (χ3n) is 3.56. The van der Waals surface area contributed by atoms with Gasteiger partial charge >= 0.3 is 0 Å². The summed E-state index contributed by atoms with van der Waals surface area (Å²) in [7, 11) is 0. The van der Waals surface area contributed by atoms with Gasteiger partial charge in [0.1, 0.15) is 6.61 Å². The van der Waals surface area contributed by atoms with Crippen molar-refractivity contribution in [3.8, 4) is 11.1 Å². The highest BCUT2D eigenvalue weighted by molar-refractivity contribution is 5.96. The van der Waals surface area contributed by atoms with E-state index in [4.69, 9.17) is 4.74 Å². The number of ether oxygens (including phenoxy) is 1. The van der Waals surface area contributed by atoms with Crippen LogP contribution in [0.5, 0.6) is 0 Å². The standard InChI is InChI=1S/C19H19NO/c1-2-13-21-14-12-20-15-18(16-8-4-3-5-9-16)17-10-6-7-11-19(17)20/h2-11,13,15H,12,14H2,1H3/b13-2+. The predicted octanol–water partition coefficient (Wildman–Crippen LogP) is 4.86. The van der Waals surface area contributed by atoms with Gasteiger partial charge in [-0.1, -0.05) is 54.6 Å². The van der Waals surface area contributed by atoms with Crippen LogP contribution < -0.4 is 0 Å². The summed E-state index contributed by atoms with van der Waals surface area (Å²) in [6.07, 6.45) is 5.87. The van der Waals surface area contributed by atoms with E-state index in [0.717, 1.165) is 6.54 Å². The van der Waals surface area contributed by atoms with Crippen LogP contribution in [0.3, 0.4) is 0 Å². The van der Waals surface area contributed by atoms with Gasteiger partial charge in [-0.3, -0.25) is 0 Å². The van der Waals surface area contributed by atoms with Crippen molar-refractivity contribution in [2.75, 3.05) is 6.61 Å². The molecule has 0 aliphatic heterocycles. The lowest BCUT2D eigenvalue weighted by molar-refractivity contribution is 0.236. The van der Waals surface area contributed by atoms with Crippen molar-refractivity contribution in [3.63, 3.8) is 0 Å². The van der Waals surface area contributed by atoms with E-state index in [2.05, 4.69) is 59.3 Å². The molecular weight excluding hydrogens is 258 g/mol. The molecule has 0 saturated heterocycles. The molecule has 2 heteroatoms. The first-order valence-corrected chi connectivity index (χ1v) is 7.26. The van der Waals surface area contributed by atoms with Gasteiger partial charge in [-0.2, -0.15) is 0 Å².